The lowest BCUT2D eigenvalue weighted by atomic mass is 9.70. The van der Waals surface area contributed by atoms with E-state index in [2.05, 4.69) is 0 Å². The van der Waals surface area contributed by atoms with Gasteiger partial charge in [0.1, 0.15) is 12.2 Å². The summed E-state index contributed by atoms with van der Waals surface area (Å²) in [5, 5.41) is 0. The Kier molecular flexibility index (Phi) is 3.70. The SMILES string of the molecule is C1CC2C(C1)C1CC2C(COCC2CO2)C1COCC1CO1. The van der Waals surface area contributed by atoms with Crippen molar-refractivity contribution in [2.75, 3.05) is 39.6 Å². The topological polar surface area (TPSA) is 43.5 Å². The van der Waals surface area contributed by atoms with E-state index in [1.807, 2.05) is 0 Å². The largest absolute Gasteiger partial charge is 0.378 e. The highest BCUT2D eigenvalue weighted by Crippen LogP contribution is 2.63. The number of hydrogen-bond donors (Lipinski definition) is 0. The van der Waals surface area contributed by atoms with Crippen LogP contribution in [0.1, 0.15) is 25.7 Å². The summed E-state index contributed by atoms with van der Waals surface area (Å²) in [7, 11) is 0. The molecule has 4 nitrogen and oxygen atoms in total. The van der Waals surface area contributed by atoms with Gasteiger partial charge in [-0.1, -0.05) is 6.42 Å². The molecule has 0 aromatic heterocycles. The zero-order chi connectivity index (χ0) is 14.5. The Labute approximate surface area is 132 Å². The predicted octanol–water partition coefficient (Wildman–Crippen LogP) is 2.12. The number of fused-ring (bicyclic) bond motifs is 5. The molecule has 5 fully saturated rings. The van der Waals surface area contributed by atoms with Crippen molar-refractivity contribution in [2.45, 2.75) is 37.9 Å². The molecule has 0 spiro atoms. The molecule has 0 aromatic rings. The van der Waals surface area contributed by atoms with Crippen molar-refractivity contribution in [3.05, 3.63) is 0 Å². The molecule has 3 saturated carbocycles. The van der Waals surface area contributed by atoms with E-state index in [0.717, 1.165) is 75.1 Å². The number of epoxide rings is 2. The van der Waals surface area contributed by atoms with Gasteiger partial charge >= 0.3 is 0 Å². The maximum Gasteiger partial charge on any atom is 0.104 e. The summed E-state index contributed by atoms with van der Waals surface area (Å²) in [5.74, 6) is 5.26. The Morgan fingerprint density at radius 2 is 1.18 bits per heavy atom. The minimum atomic E-state index is 0.388. The summed E-state index contributed by atoms with van der Waals surface area (Å²) in [5.41, 5.74) is 0. The van der Waals surface area contributed by atoms with E-state index in [4.69, 9.17) is 18.9 Å². The quantitative estimate of drug-likeness (QED) is 0.644. The van der Waals surface area contributed by atoms with Crippen molar-refractivity contribution in [3.8, 4) is 0 Å². The van der Waals surface area contributed by atoms with Crippen LogP contribution in [0, 0.1) is 35.5 Å². The van der Waals surface area contributed by atoms with Crippen LogP contribution in [0.4, 0.5) is 0 Å². The molecule has 124 valence electrons. The molecule has 0 N–H and O–H groups in total. The molecule has 2 heterocycles. The molecule has 8 atom stereocenters. The van der Waals surface area contributed by atoms with E-state index in [9.17, 15) is 0 Å². The zero-order valence-electron chi connectivity index (χ0n) is 13.3. The molecule has 2 bridgehead atoms. The minimum Gasteiger partial charge on any atom is -0.378 e. The molecule has 2 saturated heterocycles. The normalized spacial score (nSPS) is 51.3. The van der Waals surface area contributed by atoms with Crippen molar-refractivity contribution in [3.63, 3.8) is 0 Å². The van der Waals surface area contributed by atoms with E-state index in [-0.39, 0.29) is 0 Å². The maximum absolute atomic E-state index is 6.01. The minimum absolute atomic E-state index is 0.388. The predicted molar refractivity (Wildman–Crippen MR) is 80.5 cm³/mol. The van der Waals surface area contributed by atoms with Gasteiger partial charge in [-0.3, -0.25) is 0 Å². The van der Waals surface area contributed by atoms with Crippen LogP contribution < -0.4 is 0 Å². The highest BCUT2D eigenvalue weighted by Gasteiger charge is 2.58. The van der Waals surface area contributed by atoms with Crippen LogP contribution in [-0.4, -0.2) is 51.8 Å². The van der Waals surface area contributed by atoms with E-state index in [1.165, 1.54) is 25.7 Å². The van der Waals surface area contributed by atoms with E-state index < -0.39 is 0 Å². The molecule has 22 heavy (non-hydrogen) atoms. The molecular weight excluding hydrogens is 280 g/mol. The Hall–Kier alpha value is -0.160. The molecule has 0 amide bonds. The van der Waals surface area contributed by atoms with Crippen LogP contribution in [0.2, 0.25) is 0 Å². The fourth-order valence-corrected chi connectivity index (χ4v) is 5.86. The zero-order valence-corrected chi connectivity index (χ0v) is 13.3. The van der Waals surface area contributed by atoms with Crippen molar-refractivity contribution < 1.29 is 18.9 Å². The van der Waals surface area contributed by atoms with Crippen molar-refractivity contribution >= 4 is 0 Å². The third-order valence-corrected chi connectivity index (χ3v) is 6.95. The highest BCUT2D eigenvalue weighted by molar-refractivity contribution is 5.06. The van der Waals surface area contributed by atoms with Gasteiger partial charge in [0.15, 0.2) is 0 Å². The third-order valence-electron chi connectivity index (χ3n) is 6.95. The summed E-state index contributed by atoms with van der Waals surface area (Å²) in [4.78, 5) is 0. The highest BCUT2D eigenvalue weighted by atomic mass is 16.6. The van der Waals surface area contributed by atoms with E-state index >= 15 is 0 Å². The lowest BCUT2D eigenvalue weighted by Crippen LogP contribution is -2.37. The van der Waals surface area contributed by atoms with Gasteiger partial charge in [-0.2, -0.15) is 0 Å². The number of rotatable bonds is 8. The fraction of sp³-hybridized carbons (Fsp3) is 1.00. The maximum atomic E-state index is 6.01. The van der Waals surface area contributed by atoms with Gasteiger partial charge in [-0.15, -0.1) is 0 Å². The molecule has 8 unspecified atom stereocenters. The molecule has 4 heteroatoms. The lowest BCUT2D eigenvalue weighted by Gasteiger charge is -2.38. The van der Waals surface area contributed by atoms with Gasteiger partial charge in [0.2, 0.25) is 0 Å². The van der Waals surface area contributed by atoms with E-state index in [0.29, 0.717) is 12.2 Å². The molecule has 5 rings (SSSR count). The van der Waals surface area contributed by atoms with Gasteiger partial charge in [0.05, 0.1) is 39.6 Å². The van der Waals surface area contributed by atoms with Crippen LogP contribution >= 0.6 is 0 Å². The number of ether oxygens (including phenoxy) is 4. The fourth-order valence-electron chi connectivity index (χ4n) is 5.86. The second-order valence-electron chi connectivity index (χ2n) is 8.14. The van der Waals surface area contributed by atoms with Crippen molar-refractivity contribution in [2.24, 2.45) is 35.5 Å². The molecule has 5 aliphatic rings. The summed E-state index contributed by atoms with van der Waals surface area (Å²) >= 11 is 0. The summed E-state index contributed by atoms with van der Waals surface area (Å²) < 4.78 is 22.5. The van der Waals surface area contributed by atoms with Gasteiger partial charge in [-0.05, 0) is 54.8 Å². The molecular formula is C18H28O4. The first-order valence-corrected chi connectivity index (χ1v) is 9.29. The molecule has 3 aliphatic carbocycles. The second kappa shape index (κ2) is 5.73. The van der Waals surface area contributed by atoms with Crippen LogP contribution in [0.5, 0.6) is 0 Å². The summed E-state index contributed by atoms with van der Waals surface area (Å²) in [6, 6.07) is 0. The van der Waals surface area contributed by atoms with Crippen molar-refractivity contribution in [1.82, 2.24) is 0 Å². The lowest BCUT2D eigenvalue weighted by molar-refractivity contribution is -0.0214. The second-order valence-corrected chi connectivity index (χ2v) is 8.14. The Balaban J connectivity index is 1.21. The molecule has 0 aromatic carbocycles. The first kappa shape index (κ1) is 14.2. The van der Waals surface area contributed by atoms with E-state index in [1.54, 1.807) is 0 Å². The van der Waals surface area contributed by atoms with Gasteiger partial charge in [0.25, 0.3) is 0 Å². The first-order chi connectivity index (χ1) is 10.9. The Morgan fingerprint density at radius 3 is 1.64 bits per heavy atom. The number of hydrogen-bond acceptors (Lipinski definition) is 4. The molecule has 2 aliphatic heterocycles. The van der Waals surface area contributed by atoms with Crippen LogP contribution in [0.15, 0.2) is 0 Å². The smallest absolute Gasteiger partial charge is 0.104 e. The average molecular weight is 308 g/mol. The standard InChI is InChI=1S/C18H28O4/c1-2-13-14(3-1)16-4-15(13)17(9-19-5-11-7-21-11)18(16)10-20-6-12-8-22-12/h11-18H,1-10H2. The summed E-state index contributed by atoms with van der Waals surface area (Å²) in [6.45, 7) is 5.25. The van der Waals surface area contributed by atoms with Gasteiger partial charge in [-0.25, -0.2) is 0 Å². The van der Waals surface area contributed by atoms with Crippen LogP contribution in [0.25, 0.3) is 0 Å². The first-order valence-electron chi connectivity index (χ1n) is 9.29. The summed E-state index contributed by atoms with van der Waals surface area (Å²) in [6.07, 6.45) is 6.61. The monoisotopic (exact) mass is 308 g/mol. The average Bonchev–Trinajstić information content (AvgIpc) is 3.39. The third kappa shape index (κ3) is 2.62. The van der Waals surface area contributed by atoms with Crippen LogP contribution in [-0.2, 0) is 18.9 Å². The van der Waals surface area contributed by atoms with Gasteiger partial charge in [0, 0.05) is 0 Å². The van der Waals surface area contributed by atoms with Gasteiger partial charge < -0.3 is 18.9 Å². The Bertz CT molecular complexity index is 370. The van der Waals surface area contributed by atoms with Crippen LogP contribution in [0.3, 0.4) is 0 Å². The Morgan fingerprint density at radius 1 is 0.682 bits per heavy atom. The molecule has 0 radical (unpaired) electrons. The van der Waals surface area contributed by atoms with Crippen molar-refractivity contribution in [1.29, 1.82) is 0 Å².